The highest BCUT2D eigenvalue weighted by Gasteiger charge is 2.69. The number of methoxy groups -OCH3 is 3. The van der Waals surface area contributed by atoms with Gasteiger partial charge in [0.05, 0.1) is 21.3 Å². The van der Waals surface area contributed by atoms with E-state index in [2.05, 4.69) is 6.92 Å². The van der Waals surface area contributed by atoms with Crippen molar-refractivity contribution in [3.63, 3.8) is 0 Å². The molecule has 0 amide bonds. The summed E-state index contributed by atoms with van der Waals surface area (Å²) in [5, 5.41) is 0. The number of fused-ring (bicyclic) bond motifs is 2. The molecule has 9 nitrogen and oxygen atoms in total. The Hall–Kier alpha value is -2.33. The Bertz CT molecular complexity index is 999. The summed E-state index contributed by atoms with van der Waals surface area (Å²) in [7, 11) is 4.63. The fourth-order valence-electron chi connectivity index (χ4n) is 6.52. The summed E-state index contributed by atoms with van der Waals surface area (Å²) in [5.74, 6) is 0.793. The molecule has 5 fully saturated rings. The average molecular weight is 505 g/mol. The zero-order chi connectivity index (χ0) is 25.7. The summed E-state index contributed by atoms with van der Waals surface area (Å²) in [6.45, 7) is 6.19. The van der Waals surface area contributed by atoms with Gasteiger partial charge < -0.3 is 28.4 Å². The van der Waals surface area contributed by atoms with E-state index in [4.69, 9.17) is 38.2 Å². The van der Waals surface area contributed by atoms with E-state index in [1.54, 1.807) is 39.5 Å². The number of ether oxygens (including phenoxy) is 6. The monoisotopic (exact) mass is 504 g/mol. The SMILES string of the molecule is COc1cc(/C=C/C(=O)O[C@@H]2O[C@@H]3O[C@@]4(C)CC[C@@H]5[C@H](C)CC[C@H]([C@H]2C)[C@@]35OO4)cc(OC)c1OC. The van der Waals surface area contributed by atoms with Gasteiger partial charge in [0.1, 0.15) is 0 Å². The molecule has 8 atom stereocenters. The molecule has 0 radical (unpaired) electrons. The van der Waals surface area contributed by atoms with Crippen LogP contribution in [0.5, 0.6) is 17.2 Å². The van der Waals surface area contributed by atoms with Gasteiger partial charge in [-0.2, -0.15) is 0 Å². The molecule has 5 aliphatic rings. The molecule has 36 heavy (non-hydrogen) atoms. The largest absolute Gasteiger partial charge is 0.493 e. The highest BCUT2D eigenvalue weighted by molar-refractivity contribution is 5.87. The van der Waals surface area contributed by atoms with Crippen LogP contribution in [0.25, 0.3) is 6.08 Å². The predicted molar refractivity (Wildman–Crippen MR) is 128 cm³/mol. The molecular formula is C27H36O9. The topological polar surface area (TPSA) is 90.9 Å². The van der Waals surface area contributed by atoms with Crippen LogP contribution in [0.15, 0.2) is 18.2 Å². The maximum absolute atomic E-state index is 12.9. The number of benzene rings is 1. The number of rotatable bonds is 6. The van der Waals surface area contributed by atoms with Crippen LogP contribution in [-0.2, 0) is 28.8 Å². The molecule has 4 saturated heterocycles. The summed E-state index contributed by atoms with van der Waals surface area (Å²) >= 11 is 0. The van der Waals surface area contributed by atoms with Crippen molar-refractivity contribution in [1.29, 1.82) is 0 Å². The van der Waals surface area contributed by atoms with Crippen LogP contribution in [-0.4, -0.2) is 51.3 Å². The summed E-state index contributed by atoms with van der Waals surface area (Å²) in [5.41, 5.74) is 0.00666. The third kappa shape index (κ3) is 4.06. The van der Waals surface area contributed by atoms with E-state index in [-0.39, 0.29) is 17.8 Å². The highest BCUT2D eigenvalue weighted by atomic mass is 17.3. The highest BCUT2D eigenvalue weighted by Crippen LogP contribution is 2.60. The fourth-order valence-corrected chi connectivity index (χ4v) is 6.52. The van der Waals surface area contributed by atoms with Gasteiger partial charge in [-0.25, -0.2) is 14.6 Å². The third-order valence-electron chi connectivity index (χ3n) is 8.43. The van der Waals surface area contributed by atoms with E-state index in [1.165, 1.54) is 6.08 Å². The lowest BCUT2D eigenvalue weighted by molar-refractivity contribution is -0.576. The van der Waals surface area contributed by atoms with Crippen LogP contribution in [0.3, 0.4) is 0 Å². The lowest BCUT2D eigenvalue weighted by Gasteiger charge is -2.59. The van der Waals surface area contributed by atoms with Crippen molar-refractivity contribution in [2.45, 2.75) is 70.4 Å². The summed E-state index contributed by atoms with van der Waals surface area (Å²) < 4.78 is 34.6. The van der Waals surface area contributed by atoms with Gasteiger partial charge in [0.15, 0.2) is 23.4 Å². The predicted octanol–water partition coefficient (Wildman–Crippen LogP) is 4.48. The summed E-state index contributed by atoms with van der Waals surface area (Å²) in [4.78, 5) is 24.8. The van der Waals surface area contributed by atoms with Crippen molar-refractivity contribution >= 4 is 12.0 Å². The minimum Gasteiger partial charge on any atom is -0.493 e. The molecule has 1 spiro atoms. The van der Waals surface area contributed by atoms with Gasteiger partial charge in [0.25, 0.3) is 0 Å². The normalized spacial score (nSPS) is 39.3. The van der Waals surface area contributed by atoms with Crippen LogP contribution < -0.4 is 14.2 Å². The number of carbonyl (C=O) groups is 1. The molecule has 2 bridgehead atoms. The van der Waals surface area contributed by atoms with Crippen molar-refractivity contribution in [1.82, 2.24) is 0 Å². The van der Waals surface area contributed by atoms with Gasteiger partial charge in [-0.05, 0) is 61.8 Å². The van der Waals surface area contributed by atoms with Crippen LogP contribution in [0, 0.1) is 23.7 Å². The van der Waals surface area contributed by atoms with E-state index >= 15 is 0 Å². The van der Waals surface area contributed by atoms with Crippen molar-refractivity contribution in [2.24, 2.45) is 23.7 Å². The maximum atomic E-state index is 12.9. The van der Waals surface area contributed by atoms with Crippen molar-refractivity contribution in [2.75, 3.05) is 21.3 Å². The number of carbonyl (C=O) groups excluding carboxylic acids is 1. The molecule has 198 valence electrons. The summed E-state index contributed by atoms with van der Waals surface area (Å²) in [6.07, 6.45) is 5.27. The Labute approximate surface area is 211 Å². The van der Waals surface area contributed by atoms with Crippen LogP contribution in [0.2, 0.25) is 0 Å². The second kappa shape index (κ2) is 9.52. The maximum Gasteiger partial charge on any atom is 0.333 e. The van der Waals surface area contributed by atoms with Gasteiger partial charge in [0.2, 0.25) is 17.8 Å². The number of hydrogen-bond acceptors (Lipinski definition) is 9. The van der Waals surface area contributed by atoms with Gasteiger partial charge >= 0.3 is 5.97 Å². The first-order valence-electron chi connectivity index (χ1n) is 12.6. The van der Waals surface area contributed by atoms with Gasteiger partial charge in [-0.1, -0.05) is 13.8 Å². The van der Waals surface area contributed by atoms with E-state index < -0.39 is 29.9 Å². The van der Waals surface area contributed by atoms with Crippen molar-refractivity contribution in [3.05, 3.63) is 23.8 Å². The first kappa shape index (κ1) is 25.3. The lowest BCUT2D eigenvalue weighted by atomic mass is 9.58. The quantitative estimate of drug-likeness (QED) is 0.316. The van der Waals surface area contributed by atoms with Crippen LogP contribution in [0.4, 0.5) is 0 Å². The minimum absolute atomic E-state index is 0.0805. The van der Waals surface area contributed by atoms with E-state index in [9.17, 15) is 4.79 Å². The van der Waals surface area contributed by atoms with E-state index in [0.717, 1.165) is 25.7 Å². The minimum atomic E-state index is -0.876. The zero-order valence-electron chi connectivity index (χ0n) is 21.8. The van der Waals surface area contributed by atoms with Crippen LogP contribution >= 0.6 is 0 Å². The first-order valence-corrected chi connectivity index (χ1v) is 12.6. The third-order valence-corrected chi connectivity index (χ3v) is 8.43. The number of hydrogen-bond donors (Lipinski definition) is 0. The van der Waals surface area contributed by atoms with Crippen LogP contribution in [0.1, 0.15) is 52.0 Å². The first-order chi connectivity index (χ1) is 17.2. The second-order valence-corrected chi connectivity index (χ2v) is 10.5. The molecule has 1 aromatic rings. The van der Waals surface area contributed by atoms with Gasteiger partial charge in [-0.3, -0.25) is 0 Å². The Morgan fingerprint density at radius 3 is 2.39 bits per heavy atom. The zero-order valence-corrected chi connectivity index (χ0v) is 21.8. The fraction of sp³-hybridized carbons (Fsp3) is 0.667. The molecule has 0 unspecified atom stereocenters. The molecule has 1 aromatic carbocycles. The van der Waals surface area contributed by atoms with Gasteiger partial charge in [-0.15, -0.1) is 0 Å². The average Bonchev–Trinajstić information content (AvgIpc) is 3.10. The Balaban J connectivity index is 1.34. The molecule has 4 heterocycles. The molecule has 1 aliphatic carbocycles. The Kier molecular flexibility index (Phi) is 6.70. The lowest BCUT2D eigenvalue weighted by Crippen LogP contribution is -2.70. The molecule has 1 saturated carbocycles. The standard InChI is InChI=1S/C27H36O9/c1-15-7-9-19-16(2)24(33-25-27(19)18(15)11-12-26(3,34-25)35-36-27)32-22(28)10-8-17-13-20(29-4)23(31-6)21(14-17)30-5/h8,10,13-16,18-19,24-25H,7,9,11-12H2,1-6H3/b10-8+/t15-,16-,18-,19-,24-,25-,26-,27-/m1/s1. The van der Waals surface area contributed by atoms with Gasteiger partial charge in [0, 0.05) is 24.3 Å². The second-order valence-electron chi connectivity index (χ2n) is 10.5. The van der Waals surface area contributed by atoms with Crippen molar-refractivity contribution in [3.8, 4) is 17.2 Å². The Morgan fingerprint density at radius 1 is 1.00 bits per heavy atom. The van der Waals surface area contributed by atoms with E-state index in [0.29, 0.717) is 28.7 Å². The molecule has 6 rings (SSSR count). The number of esters is 1. The van der Waals surface area contributed by atoms with E-state index in [1.807, 2.05) is 13.8 Å². The molecule has 0 aromatic heterocycles. The Morgan fingerprint density at radius 2 is 1.72 bits per heavy atom. The molecule has 4 aliphatic heterocycles. The van der Waals surface area contributed by atoms with Crippen molar-refractivity contribution < 1.29 is 43.0 Å². The smallest absolute Gasteiger partial charge is 0.333 e. The molecule has 9 heteroatoms. The summed E-state index contributed by atoms with van der Waals surface area (Å²) in [6, 6.07) is 3.51. The molecule has 0 N–H and O–H groups in total. The molecular weight excluding hydrogens is 468 g/mol.